The van der Waals surface area contributed by atoms with Crippen LogP contribution in [0.1, 0.15) is 22.7 Å². The standard InChI is InChI=1S/C18H17ClF4N2O3S/c1-25-17(12-5-6-15(20)14(19)8-12)16(10-28-25)29(26,27)24-9-11-3-2-4-13(7-11)18(21,22)23/h2-8,16-17,24H,9-10H2,1H3/t16-,17-/m0/s1. The van der Waals surface area contributed by atoms with Crippen molar-refractivity contribution in [2.75, 3.05) is 13.7 Å². The molecule has 11 heteroatoms. The smallest absolute Gasteiger partial charge is 0.297 e. The number of sulfonamides is 1. The number of benzene rings is 2. The quantitative estimate of drug-likeness (QED) is 0.699. The van der Waals surface area contributed by atoms with Gasteiger partial charge >= 0.3 is 6.18 Å². The third-order valence-corrected chi connectivity index (χ3v) is 6.63. The van der Waals surface area contributed by atoms with Gasteiger partial charge in [-0.15, -0.1) is 0 Å². The molecule has 0 bridgehead atoms. The van der Waals surface area contributed by atoms with Crippen molar-refractivity contribution in [2.24, 2.45) is 0 Å². The van der Waals surface area contributed by atoms with Crippen LogP contribution in [0.3, 0.4) is 0 Å². The Hall–Kier alpha value is -1.72. The molecule has 1 aliphatic heterocycles. The van der Waals surface area contributed by atoms with Crippen LogP contribution in [0.2, 0.25) is 5.02 Å². The van der Waals surface area contributed by atoms with E-state index in [2.05, 4.69) is 4.72 Å². The molecule has 0 unspecified atom stereocenters. The number of nitrogens with zero attached hydrogens (tertiary/aromatic N) is 1. The average Bonchev–Trinajstić information content (AvgIpc) is 3.04. The van der Waals surface area contributed by atoms with E-state index in [9.17, 15) is 26.0 Å². The predicted octanol–water partition coefficient (Wildman–Crippen LogP) is 3.90. The number of hydroxylamine groups is 2. The summed E-state index contributed by atoms with van der Waals surface area (Å²) in [6.45, 7) is -0.489. The zero-order valence-electron chi connectivity index (χ0n) is 15.1. The van der Waals surface area contributed by atoms with Gasteiger partial charge in [0.2, 0.25) is 10.0 Å². The van der Waals surface area contributed by atoms with Crippen molar-refractivity contribution in [3.63, 3.8) is 0 Å². The summed E-state index contributed by atoms with van der Waals surface area (Å²) in [6.07, 6.45) is -4.52. The summed E-state index contributed by atoms with van der Waals surface area (Å²) in [5, 5.41) is 0.105. The Morgan fingerprint density at radius 2 is 1.97 bits per heavy atom. The first-order valence-electron chi connectivity index (χ1n) is 8.44. The van der Waals surface area contributed by atoms with E-state index in [0.29, 0.717) is 5.56 Å². The number of alkyl halides is 3. The van der Waals surface area contributed by atoms with Gasteiger partial charge in [0.05, 0.1) is 23.2 Å². The summed E-state index contributed by atoms with van der Waals surface area (Å²) >= 11 is 5.80. The SMILES string of the molecule is CN1OC[C@H](S(=O)(=O)NCc2cccc(C(F)(F)F)c2)[C@@H]1c1ccc(F)c(Cl)c1. The highest BCUT2D eigenvalue weighted by Crippen LogP contribution is 2.35. The fourth-order valence-electron chi connectivity index (χ4n) is 3.13. The van der Waals surface area contributed by atoms with E-state index >= 15 is 0 Å². The number of hydrogen-bond acceptors (Lipinski definition) is 4. The largest absolute Gasteiger partial charge is 0.416 e. The minimum Gasteiger partial charge on any atom is -0.297 e. The van der Waals surface area contributed by atoms with Crippen molar-refractivity contribution >= 4 is 21.6 Å². The van der Waals surface area contributed by atoms with Gasteiger partial charge in [0, 0.05) is 13.6 Å². The molecular weight excluding hydrogens is 436 g/mol. The maximum absolute atomic E-state index is 13.5. The molecule has 1 fully saturated rings. The van der Waals surface area contributed by atoms with E-state index in [4.69, 9.17) is 16.4 Å². The summed E-state index contributed by atoms with van der Waals surface area (Å²) in [4.78, 5) is 5.33. The lowest BCUT2D eigenvalue weighted by molar-refractivity contribution is -0.137. The molecule has 2 aromatic carbocycles. The molecule has 1 aliphatic rings. The van der Waals surface area contributed by atoms with Crippen molar-refractivity contribution in [1.82, 2.24) is 9.79 Å². The molecule has 0 radical (unpaired) electrons. The molecule has 1 N–H and O–H groups in total. The number of nitrogens with one attached hydrogen (secondary N) is 1. The van der Waals surface area contributed by atoms with Gasteiger partial charge in [-0.3, -0.25) is 4.84 Å². The molecule has 0 saturated carbocycles. The van der Waals surface area contributed by atoms with Crippen LogP contribution < -0.4 is 4.72 Å². The van der Waals surface area contributed by atoms with Gasteiger partial charge in [-0.05, 0) is 29.3 Å². The van der Waals surface area contributed by atoms with Crippen molar-refractivity contribution in [2.45, 2.75) is 24.0 Å². The molecule has 0 aromatic heterocycles. The van der Waals surface area contributed by atoms with Crippen molar-refractivity contribution in [3.8, 4) is 0 Å². The van der Waals surface area contributed by atoms with Crippen LogP contribution >= 0.6 is 11.6 Å². The lowest BCUT2D eigenvalue weighted by atomic mass is 10.0. The molecule has 3 rings (SSSR count). The molecule has 0 amide bonds. The molecule has 1 heterocycles. The minimum atomic E-state index is -4.52. The fourth-order valence-corrected chi connectivity index (χ4v) is 4.80. The zero-order valence-corrected chi connectivity index (χ0v) is 16.7. The fraction of sp³-hybridized carbons (Fsp3) is 0.333. The number of hydrogen-bond donors (Lipinski definition) is 1. The van der Waals surface area contributed by atoms with Crippen molar-refractivity contribution in [3.05, 3.63) is 70.0 Å². The van der Waals surface area contributed by atoms with Gasteiger partial charge in [0.25, 0.3) is 0 Å². The van der Waals surface area contributed by atoms with E-state index in [1.807, 2.05) is 0 Å². The Morgan fingerprint density at radius 1 is 1.24 bits per heavy atom. The Labute approximate surface area is 170 Å². The summed E-state index contributed by atoms with van der Waals surface area (Å²) in [5.74, 6) is -0.640. The van der Waals surface area contributed by atoms with Crippen LogP contribution in [0.25, 0.3) is 0 Å². The molecular formula is C18H17ClF4N2O3S. The average molecular weight is 453 g/mol. The van der Waals surface area contributed by atoms with Gasteiger partial charge in [-0.1, -0.05) is 35.9 Å². The highest BCUT2D eigenvalue weighted by molar-refractivity contribution is 7.90. The molecule has 1 saturated heterocycles. The van der Waals surface area contributed by atoms with Crippen molar-refractivity contribution < 1.29 is 30.8 Å². The Morgan fingerprint density at radius 3 is 2.62 bits per heavy atom. The lowest BCUT2D eigenvalue weighted by Crippen LogP contribution is -2.39. The van der Waals surface area contributed by atoms with Gasteiger partial charge in [-0.2, -0.15) is 18.2 Å². The monoisotopic (exact) mass is 452 g/mol. The van der Waals surface area contributed by atoms with E-state index < -0.39 is 38.9 Å². The van der Waals surface area contributed by atoms with Gasteiger partial charge in [0.1, 0.15) is 11.1 Å². The number of halogens is 5. The normalized spacial score (nSPS) is 20.9. The Balaban J connectivity index is 1.80. The zero-order chi connectivity index (χ0) is 21.4. The van der Waals surface area contributed by atoms with Gasteiger partial charge in [-0.25, -0.2) is 17.5 Å². The first-order valence-corrected chi connectivity index (χ1v) is 10.4. The molecule has 0 spiro atoms. The molecule has 158 valence electrons. The van der Waals surface area contributed by atoms with Gasteiger partial charge in [0.15, 0.2) is 0 Å². The van der Waals surface area contributed by atoms with Crippen LogP contribution in [0.5, 0.6) is 0 Å². The third kappa shape index (κ3) is 4.89. The summed E-state index contributed by atoms with van der Waals surface area (Å²) in [5.41, 5.74) is -0.264. The topological polar surface area (TPSA) is 58.6 Å². The molecule has 0 aliphatic carbocycles. The van der Waals surface area contributed by atoms with Crippen molar-refractivity contribution in [1.29, 1.82) is 0 Å². The first kappa shape index (κ1) is 22.0. The highest BCUT2D eigenvalue weighted by atomic mass is 35.5. The highest BCUT2D eigenvalue weighted by Gasteiger charge is 2.43. The summed E-state index contributed by atoms with van der Waals surface area (Å²) < 4.78 is 79.9. The molecule has 5 nitrogen and oxygen atoms in total. The second-order valence-corrected chi connectivity index (χ2v) is 8.95. The van der Waals surface area contributed by atoms with Crippen LogP contribution in [-0.4, -0.2) is 32.4 Å². The van der Waals surface area contributed by atoms with E-state index in [-0.39, 0.29) is 23.7 Å². The lowest BCUT2D eigenvalue weighted by Gasteiger charge is -2.23. The second kappa shape index (κ2) is 8.19. The third-order valence-electron chi connectivity index (χ3n) is 4.60. The predicted molar refractivity (Wildman–Crippen MR) is 98.9 cm³/mol. The summed E-state index contributed by atoms with van der Waals surface area (Å²) in [6, 6.07) is 7.49. The molecule has 29 heavy (non-hydrogen) atoms. The molecule has 2 aromatic rings. The van der Waals surface area contributed by atoms with Crippen LogP contribution in [0.15, 0.2) is 42.5 Å². The Bertz CT molecular complexity index is 1000. The number of rotatable bonds is 5. The van der Waals surface area contributed by atoms with Gasteiger partial charge < -0.3 is 0 Å². The maximum Gasteiger partial charge on any atom is 0.416 e. The maximum atomic E-state index is 13.5. The minimum absolute atomic E-state index is 0.157. The van der Waals surface area contributed by atoms with E-state index in [0.717, 1.165) is 18.2 Å². The molecule has 2 atom stereocenters. The van der Waals surface area contributed by atoms with Crippen LogP contribution in [0, 0.1) is 5.82 Å². The van der Waals surface area contributed by atoms with Crippen LogP contribution in [0.4, 0.5) is 17.6 Å². The Kier molecular flexibility index (Phi) is 6.21. The van der Waals surface area contributed by atoms with E-state index in [1.165, 1.54) is 36.4 Å². The van der Waals surface area contributed by atoms with Crippen LogP contribution in [-0.2, 0) is 27.6 Å². The second-order valence-electron chi connectivity index (χ2n) is 6.56. The summed E-state index contributed by atoms with van der Waals surface area (Å²) in [7, 11) is -2.46. The first-order chi connectivity index (χ1) is 13.5. The van der Waals surface area contributed by atoms with E-state index in [1.54, 1.807) is 0 Å².